The largest absolute Gasteiger partial charge is 0.550 e. The standard InChI is InChI=1S/C4H6O4/c5-3(6)1-2-4(7)8/h1-2H2,(H,5,6)(H,7,8)/p-2/i1+1,2+1. The van der Waals surface area contributed by atoms with Crippen LogP contribution in [0.15, 0.2) is 0 Å². The van der Waals surface area contributed by atoms with Crippen molar-refractivity contribution in [2.75, 3.05) is 0 Å². The Morgan fingerprint density at radius 2 is 1.25 bits per heavy atom. The Balaban J connectivity index is 3.18. The molecular formula is C4H4O4-2. The molecule has 0 spiro atoms. The summed E-state index contributed by atoms with van der Waals surface area (Å²) in [5.74, 6) is -2.73. The summed E-state index contributed by atoms with van der Waals surface area (Å²) < 4.78 is 0. The van der Waals surface area contributed by atoms with Gasteiger partial charge in [0.15, 0.2) is 0 Å². The molecule has 0 N–H and O–H groups in total. The molecule has 0 aromatic heterocycles. The average molecular weight is 118 g/mol. The van der Waals surface area contributed by atoms with Crippen molar-refractivity contribution in [1.82, 2.24) is 0 Å². The highest BCUT2D eigenvalue weighted by atomic mass is 16.4. The summed E-state index contributed by atoms with van der Waals surface area (Å²) in [6.45, 7) is 0. The Morgan fingerprint density at radius 3 is 1.38 bits per heavy atom. The molecule has 0 saturated heterocycles. The monoisotopic (exact) mass is 118 g/mol. The van der Waals surface area contributed by atoms with Crippen LogP contribution in [0.1, 0.15) is 12.8 Å². The van der Waals surface area contributed by atoms with Crippen molar-refractivity contribution in [2.45, 2.75) is 12.8 Å². The minimum absolute atomic E-state index is 0.470. The van der Waals surface area contributed by atoms with Crippen molar-refractivity contribution in [3.8, 4) is 0 Å². The third kappa shape index (κ3) is 4.94. The molecule has 0 aliphatic carbocycles. The van der Waals surface area contributed by atoms with Gasteiger partial charge in [0.25, 0.3) is 0 Å². The van der Waals surface area contributed by atoms with E-state index >= 15 is 0 Å². The molecule has 46 valence electrons. The van der Waals surface area contributed by atoms with Crippen LogP contribution in [-0.4, -0.2) is 11.9 Å². The maximum atomic E-state index is 9.50. The van der Waals surface area contributed by atoms with Gasteiger partial charge in [-0.15, -0.1) is 0 Å². The number of carbonyl (C=O) groups excluding carboxylic acids is 2. The first-order valence-electron chi connectivity index (χ1n) is 2.02. The fourth-order valence-corrected chi connectivity index (χ4v) is 0.204. The summed E-state index contributed by atoms with van der Waals surface area (Å²) in [4.78, 5) is 19.0. The van der Waals surface area contributed by atoms with E-state index in [2.05, 4.69) is 0 Å². The second-order valence-corrected chi connectivity index (χ2v) is 1.24. The second kappa shape index (κ2) is 3.01. The number of hydrogen-bond donors (Lipinski definition) is 0. The zero-order valence-electron chi connectivity index (χ0n) is 4.05. The van der Waals surface area contributed by atoms with Gasteiger partial charge in [-0.3, -0.25) is 0 Å². The van der Waals surface area contributed by atoms with Gasteiger partial charge in [0.05, 0.1) is 0 Å². The fraction of sp³-hybridized carbons (Fsp3) is 0.500. The molecule has 0 aromatic carbocycles. The molecule has 0 fully saturated rings. The van der Waals surface area contributed by atoms with Crippen LogP contribution < -0.4 is 10.2 Å². The molecule has 0 aliphatic heterocycles. The van der Waals surface area contributed by atoms with E-state index in [-0.39, 0.29) is 0 Å². The topological polar surface area (TPSA) is 80.3 Å². The van der Waals surface area contributed by atoms with Crippen LogP contribution in [0.5, 0.6) is 0 Å². The highest BCUT2D eigenvalue weighted by molar-refractivity contribution is 5.72. The predicted molar refractivity (Wildman–Crippen MR) is 19.2 cm³/mol. The molecule has 0 amide bonds. The molecule has 4 nitrogen and oxygen atoms in total. The Bertz CT molecular complexity index is 92.6. The van der Waals surface area contributed by atoms with Crippen LogP contribution in [0.25, 0.3) is 0 Å². The lowest BCUT2D eigenvalue weighted by atomic mass is 10.9. The van der Waals surface area contributed by atoms with Gasteiger partial charge in [-0.25, -0.2) is 0 Å². The lowest BCUT2D eigenvalue weighted by Gasteiger charge is -2.00. The minimum atomic E-state index is -1.37. The van der Waals surface area contributed by atoms with Crippen molar-refractivity contribution in [1.29, 1.82) is 0 Å². The molecule has 0 aromatic rings. The third-order valence-electron chi connectivity index (χ3n) is 0.533. The van der Waals surface area contributed by atoms with Crippen molar-refractivity contribution >= 4 is 11.9 Å². The van der Waals surface area contributed by atoms with E-state index in [1.807, 2.05) is 0 Å². The summed E-state index contributed by atoms with van der Waals surface area (Å²) in [5, 5.41) is 19.0. The summed E-state index contributed by atoms with van der Waals surface area (Å²) in [6.07, 6.45) is -0.940. The van der Waals surface area contributed by atoms with Gasteiger partial charge in [0, 0.05) is 11.9 Å². The zero-order valence-corrected chi connectivity index (χ0v) is 4.05. The summed E-state index contributed by atoms with van der Waals surface area (Å²) in [5.41, 5.74) is 0. The second-order valence-electron chi connectivity index (χ2n) is 1.24. The number of carbonyl (C=O) groups is 2. The zero-order chi connectivity index (χ0) is 6.57. The molecule has 0 radical (unpaired) electrons. The molecule has 8 heavy (non-hydrogen) atoms. The van der Waals surface area contributed by atoms with Crippen LogP contribution in [0.3, 0.4) is 0 Å². The molecule has 0 saturated carbocycles. The molecule has 0 heterocycles. The van der Waals surface area contributed by atoms with E-state index in [1.165, 1.54) is 0 Å². The van der Waals surface area contributed by atoms with E-state index in [4.69, 9.17) is 0 Å². The first kappa shape index (κ1) is 6.94. The molecule has 0 rings (SSSR count). The highest BCUT2D eigenvalue weighted by Crippen LogP contribution is 1.81. The quantitative estimate of drug-likeness (QED) is 0.377. The van der Waals surface area contributed by atoms with E-state index in [9.17, 15) is 19.8 Å². The van der Waals surface area contributed by atoms with Crippen molar-refractivity contribution in [2.24, 2.45) is 0 Å². The van der Waals surface area contributed by atoms with Gasteiger partial charge in [-0.2, -0.15) is 0 Å². The Hall–Kier alpha value is -1.06. The van der Waals surface area contributed by atoms with Crippen LogP contribution in [0.2, 0.25) is 0 Å². The average Bonchev–Trinajstić information content (AvgIpc) is 1.61. The number of rotatable bonds is 3. The Kier molecular flexibility index (Phi) is 2.61. The number of carboxylic acids is 2. The summed E-state index contributed by atoms with van der Waals surface area (Å²) >= 11 is 0. The van der Waals surface area contributed by atoms with Crippen LogP contribution in [-0.2, 0) is 9.59 Å². The molecule has 0 unspecified atom stereocenters. The molecule has 0 bridgehead atoms. The van der Waals surface area contributed by atoms with Crippen LogP contribution >= 0.6 is 0 Å². The van der Waals surface area contributed by atoms with Crippen molar-refractivity contribution in [3.05, 3.63) is 0 Å². The SMILES string of the molecule is O=C([O-])[13CH2][13CH2]C(=O)[O-]. The number of hydrogen-bond acceptors (Lipinski definition) is 4. The van der Waals surface area contributed by atoms with E-state index in [1.54, 1.807) is 0 Å². The first-order chi connectivity index (χ1) is 3.63. The van der Waals surface area contributed by atoms with Gasteiger partial charge in [0.1, 0.15) is 0 Å². The molecule has 4 heteroatoms. The van der Waals surface area contributed by atoms with Crippen LogP contribution in [0.4, 0.5) is 0 Å². The van der Waals surface area contributed by atoms with E-state index < -0.39 is 24.8 Å². The van der Waals surface area contributed by atoms with Crippen LogP contribution in [0, 0.1) is 0 Å². The third-order valence-corrected chi connectivity index (χ3v) is 0.533. The van der Waals surface area contributed by atoms with Crippen molar-refractivity contribution < 1.29 is 19.8 Å². The van der Waals surface area contributed by atoms with Gasteiger partial charge in [-0.1, -0.05) is 0 Å². The van der Waals surface area contributed by atoms with Gasteiger partial charge in [-0.05, 0) is 12.8 Å². The van der Waals surface area contributed by atoms with Gasteiger partial charge in [0.2, 0.25) is 0 Å². The van der Waals surface area contributed by atoms with Gasteiger partial charge >= 0.3 is 0 Å². The first-order valence-corrected chi connectivity index (χ1v) is 2.02. The lowest BCUT2D eigenvalue weighted by Crippen LogP contribution is -2.27. The van der Waals surface area contributed by atoms with E-state index in [0.29, 0.717) is 0 Å². The number of carboxylic acid groups (broad SMARTS) is 2. The normalized spacial score (nSPS) is 8.50. The predicted octanol–water partition coefficient (Wildman–Crippen LogP) is -2.73. The smallest absolute Gasteiger partial charge is 0.0418 e. The molecular weight excluding hydrogens is 114 g/mol. The maximum Gasteiger partial charge on any atom is 0.0418 e. The highest BCUT2D eigenvalue weighted by Gasteiger charge is 1.85. The maximum absolute atomic E-state index is 9.50. The minimum Gasteiger partial charge on any atom is -0.550 e. The van der Waals surface area contributed by atoms with E-state index in [0.717, 1.165) is 0 Å². The molecule has 0 atom stereocenters. The molecule has 0 aliphatic rings. The Labute approximate surface area is 45.7 Å². The van der Waals surface area contributed by atoms with Gasteiger partial charge < -0.3 is 19.8 Å². The Morgan fingerprint density at radius 1 is 1.00 bits per heavy atom. The summed E-state index contributed by atoms with van der Waals surface area (Å²) in [6, 6.07) is 0. The van der Waals surface area contributed by atoms with Crippen molar-refractivity contribution in [3.63, 3.8) is 0 Å². The summed E-state index contributed by atoms with van der Waals surface area (Å²) in [7, 11) is 0. The fourth-order valence-electron chi connectivity index (χ4n) is 0.204. The lowest BCUT2D eigenvalue weighted by molar-refractivity contribution is -0.315. The number of aliphatic carboxylic acids is 2.